The number of nitrogens with zero attached hydrogens (tertiary/aromatic N) is 5. The maximum atomic E-state index is 12.1. The first-order valence-corrected chi connectivity index (χ1v) is 9.64. The van der Waals surface area contributed by atoms with E-state index < -0.39 is 5.41 Å². The molecule has 150 valence electrons. The second kappa shape index (κ2) is 7.20. The Morgan fingerprint density at radius 1 is 1.21 bits per heavy atom. The summed E-state index contributed by atoms with van der Waals surface area (Å²) in [5.41, 5.74) is 10.4. The van der Waals surface area contributed by atoms with Crippen LogP contribution >= 0.6 is 0 Å². The third-order valence-corrected chi connectivity index (χ3v) is 4.93. The second-order valence-corrected chi connectivity index (χ2v) is 8.20. The lowest BCUT2D eigenvalue weighted by Crippen LogP contribution is -2.44. The van der Waals surface area contributed by atoms with Crippen LogP contribution in [0.3, 0.4) is 0 Å². The highest BCUT2D eigenvalue weighted by molar-refractivity contribution is 5.84. The molecule has 0 bridgehead atoms. The normalized spacial score (nSPS) is 13.9. The summed E-state index contributed by atoms with van der Waals surface area (Å²) < 4.78 is 1.82. The number of para-hydroxylation sites is 1. The molecule has 0 saturated carbocycles. The molecule has 0 unspecified atom stereocenters. The molecule has 0 aliphatic carbocycles. The zero-order chi connectivity index (χ0) is 20.6. The lowest BCUT2D eigenvalue weighted by Gasteiger charge is -2.29. The number of carbonyl (C=O) groups excluding carboxylic acids is 1. The van der Waals surface area contributed by atoms with Gasteiger partial charge in [-0.2, -0.15) is 0 Å². The van der Waals surface area contributed by atoms with Crippen molar-refractivity contribution < 1.29 is 4.79 Å². The minimum absolute atomic E-state index is 0.0192. The summed E-state index contributed by atoms with van der Waals surface area (Å²) in [5.74, 6) is 0.479. The van der Waals surface area contributed by atoms with Crippen LogP contribution in [0.1, 0.15) is 26.3 Å². The number of amides is 1. The molecule has 8 heteroatoms. The van der Waals surface area contributed by atoms with Crippen molar-refractivity contribution in [1.82, 2.24) is 25.2 Å². The number of hydrogen-bond donors (Lipinski definition) is 2. The molecule has 0 atom stereocenters. The van der Waals surface area contributed by atoms with Crippen LogP contribution in [0.5, 0.6) is 0 Å². The van der Waals surface area contributed by atoms with Crippen LogP contribution in [0.4, 0.5) is 5.69 Å². The van der Waals surface area contributed by atoms with Gasteiger partial charge in [-0.1, -0.05) is 38.1 Å². The van der Waals surface area contributed by atoms with Gasteiger partial charge in [-0.05, 0) is 35.9 Å². The Labute approximate surface area is 169 Å². The fourth-order valence-corrected chi connectivity index (χ4v) is 3.24. The fourth-order valence-electron chi connectivity index (χ4n) is 3.24. The van der Waals surface area contributed by atoms with Gasteiger partial charge in [0.2, 0.25) is 5.91 Å². The van der Waals surface area contributed by atoms with Crippen molar-refractivity contribution in [3.63, 3.8) is 0 Å². The summed E-state index contributed by atoms with van der Waals surface area (Å²) in [6.07, 6.45) is 0. The highest BCUT2D eigenvalue weighted by Gasteiger charge is 2.22. The first kappa shape index (κ1) is 18.9. The molecular formula is C21H25N7O. The largest absolute Gasteiger partial charge is 0.369 e. The number of aliphatic imine (C=N–C) groups is 1. The molecule has 3 N–H and O–H groups in total. The Morgan fingerprint density at radius 3 is 2.79 bits per heavy atom. The minimum atomic E-state index is -0.413. The molecule has 1 aromatic heterocycles. The number of fused-ring (bicyclic) bond motifs is 2. The van der Waals surface area contributed by atoms with Gasteiger partial charge in [0, 0.05) is 25.0 Å². The van der Waals surface area contributed by atoms with Gasteiger partial charge in [-0.3, -0.25) is 4.79 Å². The number of guanidine groups is 1. The number of carbonyl (C=O) groups is 1. The molecule has 0 spiro atoms. The number of aromatic nitrogens is 3. The van der Waals surface area contributed by atoms with E-state index in [4.69, 9.17) is 5.73 Å². The Bertz CT molecular complexity index is 1090. The van der Waals surface area contributed by atoms with Crippen LogP contribution in [0.15, 0.2) is 47.5 Å². The molecule has 4 rings (SSSR count). The van der Waals surface area contributed by atoms with Gasteiger partial charge in [-0.25, -0.2) is 9.67 Å². The summed E-state index contributed by atoms with van der Waals surface area (Å²) >= 11 is 0. The highest BCUT2D eigenvalue weighted by atomic mass is 16.2. The van der Waals surface area contributed by atoms with Gasteiger partial charge < -0.3 is 16.0 Å². The van der Waals surface area contributed by atoms with Gasteiger partial charge in [0.1, 0.15) is 5.52 Å². The van der Waals surface area contributed by atoms with Gasteiger partial charge in [0.05, 0.1) is 16.9 Å². The standard InChI is InChI=1S/C21H25N7O/c1-21(2,3)19(29)23-10-11-27-13-14-12-15(8-9-16(14)24-20(27)22)28-18-7-5-4-6-17(18)25-26-28/h4-9,12H,10-11,13H2,1-3H3,(H2,22,24)(H,23,29). The van der Waals surface area contributed by atoms with Crippen LogP contribution in [0.2, 0.25) is 0 Å². The topological polar surface area (TPSA) is 101 Å². The third-order valence-electron chi connectivity index (χ3n) is 4.93. The van der Waals surface area contributed by atoms with Crippen LogP contribution in [0, 0.1) is 5.41 Å². The fraction of sp³-hybridized carbons (Fsp3) is 0.333. The number of nitrogens with one attached hydrogen (secondary N) is 1. The van der Waals surface area contributed by atoms with Crippen molar-refractivity contribution in [1.29, 1.82) is 0 Å². The lowest BCUT2D eigenvalue weighted by molar-refractivity contribution is -0.128. The van der Waals surface area contributed by atoms with Gasteiger partial charge >= 0.3 is 0 Å². The molecule has 1 amide bonds. The van der Waals surface area contributed by atoms with Crippen molar-refractivity contribution in [2.75, 3.05) is 13.1 Å². The van der Waals surface area contributed by atoms with E-state index in [1.807, 2.05) is 66.8 Å². The summed E-state index contributed by atoms with van der Waals surface area (Å²) in [6, 6.07) is 13.8. The SMILES string of the molecule is CC(C)(C)C(=O)NCCN1Cc2cc(-n3nnc4ccccc43)ccc2N=C1N. The van der Waals surface area contributed by atoms with Gasteiger partial charge in [0.25, 0.3) is 0 Å². The summed E-state index contributed by atoms with van der Waals surface area (Å²) in [5, 5.41) is 11.5. The monoisotopic (exact) mass is 391 g/mol. The second-order valence-electron chi connectivity index (χ2n) is 8.20. The van der Waals surface area contributed by atoms with Crippen LogP contribution in [0.25, 0.3) is 16.7 Å². The maximum absolute atomic E-state index is 12.1. The number of nitrogens with two attached hydrogens (primary N) is 1. The van der Waals surface area contributed by atoms with E-state index >= 15 is 0 Å². The quantitative estimate of drug-likeness (QED) is 0.711. The zero-order valence-corrected chi connectivity index (χ0v) is 16.9. The molecule has 2 aromatic carbocycles. The highest BCUT2D eigenvalue weighted by Crippen LogP contribution is 2.28. The van der Waals surface area contributed by atoms with Crippen LogP contribution < -0.4 is 11.1 Å². The van der Waals surface area contributed by atoms with E-state index in [2.05, 4.69) is 26.7 Å². The molecule has 2 heterocycles. The third kappa shape index (κ3) is 3.78. The molecular weight excluding hydrogens is 366 g/mol. The molecule has 0 radical (unpaired) electrons. The van der Waals surface area contributed by atoms with E-state index in [0.717, 1.165) is 28.0 Å². The van der Waals surface area contributed by atoms with Crippen molar-refractivity contribution >= 4 is 28.6 Å². The molecule has 0 saturated heterocycles. The lowest BCUT2D eigenvalue weighted by atomic mass is 9.96. The molecule has 1 aliphatic heterocycles. The smallest absolute Gasteiger partial charge is 0.225 e. The van der Waals surface area contributed by atoms with Crippen LogP contribution in [-0.2, 0) is 11.3 Å². The predicted octanol–water partition coefficient (Wildman–Crippen LogP) is 2.34. The Kier molecular flexibility index (Phi) is 4.70. The molecule has 29 heavy (non-hydrogen) atoms. The molecule has 8 nitrogen and oxygen atoms in total. The van der Waals surface area contributed by atoms with Crippen molar-refractivity contribution in [2.45, 2.75) is 27.3 Å². The van der Waals surface area contributed by atoms with E-state index in [-0.39, 0.29) is 5.91 Å². The average Bonchev–Trinajstić information content (AvgIpc) is 3.11. The summed E-state index contributed by atoms with van der Waals surface area (Å²) in [7, 11) is 0. The first-order valence-electron chi connectivity index (χ1n) is 9.64. The van der Waals surface area contributed by atoms with E-state index in [1.54, 1.807) is 0 Å². The zero-order valence-electron chi connectivity index (χ0n) is 16.9. The van der Waals surface area contributed by atoms with Gasteiger partial charge in [-0.15, -0.1) is 5.10 Å². The molecule has 3 aromatic rings. The maximum Gasteiger partial charge on any atom is 0.225 e. The number of benzene rings is 2. The van der Waals surface area contributed by atoms with Crippen LogP contribution in [-0.4, -0.2) is 44.9 Å². The molecule has 0 fully saturated rings. The first-order chi connectivity index (χ1) is 13.8. The van der Waals surface area contributed by atoms with E-state index in [1.165, 1.54) is 0 Å². The van der Waals surface area contributed by atoms with Crippen molar-refractivity contribution in [3.8, 4) is 5.69 Å². The number of rotatable bonds is 4. The van der Waals surface area contributed by atoms with Crippen molar-refractivity contribution in [2.24, 2.45) is 16.1 Å². The predicted molar refractivity (Wildman–Crippen MR) is 113 cm³/mol. The Balaban J connectivity index is 1.52. The molecule has 1 aliphatic rings. The Morgan fingerprint density at radius 2 is 2.00 bits per heavy atom. The summed E-state index contributed by atoms with van der Waals surface area (Å²) in [4.78, 5) is 18.6. The Hall–Kier alpha value is -3.42. The van der Waals surface area contributed by atoms with E-state index in [0.29, 0.717) is 25.6 Å². The van der Waals surface area contributed by atoms with E-state index in [9.17, 15) is 4.79 Å². The average molecular weight is 391 g/mol. The van der Waals surface area contributed by atoms with Crippen molar-refractivity contribution in [3.05, 3.63) is 48.0 Å². The summed E-state index contributed by atoms with van der Waals surface area (Å²) in [6.45, 7) is 7.40. The minimum Gasteiger partial charge on any atom is -0.369 e. The number of hydrogen-bond acceptors (Lipinski definition) is 6. The van der Waals surface area contributed by atoms with Gasteiger partial charge in [0.15, 0.2) is 5.96 Å².